The lowest BCUT2D eigenvalue weighted by Crippen LogP contribution is -2.61. The average Bonchev–Trinajstić information content (AvgIpc) is 1.68. The van der Waals surface area contributed by atoms with Gasteiger partial charge < -0.3 is 49.6 Å². The molecule has 6 N–H and O–H groups in total. The lowest BCUT2D eigenvalue weighted by molar-refractivity contribution is -0.138. The number of nitrogens with two attached hydrogens (primary N) is 1. The molecule has 3 saturated heterocycles. The lowest BCUT2D eigenvalue weighted by atomic mass is 10.0. The van der Waals surface area contributed by atoms with Crippen LogP contribution in [-0.4, -0.2) is 144 Å². The van der Waals surface area contributed by atoms with Crippen molar-refractivity contribution in [3.8, 4) is 11.5 Å². The Morgan fingerprint density at radius 2 is 1.50 bits per heavy atom. The lowest BCUT2D eigenvalue weighted by Gasteiger charge is -2.43. The summed E-state index contributed by atoms with van der Waals surface area (Å²) < 4.78 is 86.4. The Kier molecular flexibility index (Phi) is 21.0. The average molecular weight is 1320 g/mol. The van der Waals surface area contributed by atoms with Gasteiger partial charge in [0.25, 0.3) is 0 Å². The number of hydrogen-bond donors (Lipinski definition) is 5. The number of nitrogens with one attached hydrogen (secondary N) is 3. The van der Waals surface area contributed by atoms with Crippen molar-refractivity contribution in [1.29, 1.82) is 0 Å². The number of urea groups is 1. The number of aromatic nitrogens is 1. The van der Waals surface area contributed by atoms with E-state index in [-0.39, 0.29) is 82.1 Å². The molecule has 474 valence electrons. The maximum absolute atomic E-state index is 14.4. The van der Waals surface area contributed by atoms with Gasteiger partial charge in [-0.2, -0.15) is 0 Å². The molecule has 2 unspecified atom stereocenters. The van der Waals surface area contributed by atoms with E-state index in [1.807, 2.05) is 6.92 Å². The van der Waals surface area contributed by atoms with Crippen molar-refractivity contribution in [3.63, 3.8) is 0 Å². The van der Waals surface area contributed by atoms with Crippen LogP contribution in [0.5, 0.6) is 11.5 Å². The summed E-state index contributed by atoms with van der Waals surface area (Å²) in [6, 6.07) is 16.5. The fraction of sp³-hybridized carbons (Fsp3) is 0.424. The third kappa shape index (κ3) is 16.2. The predicted molar refractivity (Wildman–Crippen MR) is 330 cm³/mol. The van der Waals surface area contributed by atoms with E-state index in [0.29, 0.717) is 72.3 Å². The van der Waals surface area contributed by atoms with Crippen molar-refractivity contribution in [3.05, 3.63) is 135 Å². The molecule has 3 aliphatic heterocycles. The van der Waals surface area contributed by atoms with Crippen LogP contribution < -0.4 is 30.6 Å². The van der Waals surface area contributed by atoms with Crippen LogP contribution in [0.1, 0.15) is 92.5 Å². The summed E-state index contributed by atoms with van der Waals surface area (Å²) in [6.45, 7) is 13.7. The van der Waals surface area contributed by atoms with Gasteiger partial charge in [-0.3, -0.25) is 28.5 Å². The molecule has 4 atom stereocenters. The Morgan fingerprint density at radius 1 is 0.875 bits per heavy atom. The number of benzene rings is 4. The number of rotatable bonds is 22. The smallest absolute Gasteiger partial charge is 0.365 e. The van der Waals surface area contributed by atoms with Gasteiger partial charge in [0.2, 0.25) is 39.6 Å². The quantitative estimate of drug-likeness (QED) is 0.0189. The zero-order valence-corrected chi connectivity index (χ0v) is 54.0. The molecule has 88 heavy (non-hydrogen) atoms. The van der Waals surface area contributed by atoms with Crippen molar-refractivity contribution in [2.45, 2.75) is 116 Å². The number of carbonyl (C=O) groups excluding carboxylic acids is 6. The summed E-state index contributed by atoms with van der Waals surface area (Å²) in [5, 5.41) is 9.17. The Labute approximate surface area is 520 Å². The largest absolute Gasteiger partial charge is 0.481 e. The number of fused-ring (bicyclic) bond motifs is 3. The molecule has 9 rings (SSSR count). The van der Waals surface area contributed by atoms with Crippen molar-refractivity contribution in [2.24, 2.45) is 5.73 Å². The van der Waals surface area contributed by atoms with Crippen LogP contribution in [0.4, 0.5) is 13.6 Å². The summed E-state index contributed by atoms with van der Waals surface area (Å²) in [5.74, 6) is -3.34. The van der Waals surface area contributed by atoms with E-state index in [2.05, 4.69) is 28.4 Å². The van der Waals surface area contributed by atoms with Crippen LogP contribution in [0.25, 0.3) is 16.5 Å². The first-order chi connectivity index (χ1) is 41.4. The molecule has 0 saturated carbocycles. The molecular formula is C59H72Cl2F2N9O13PSSi. The molecule has 3 fully saturated rings. The van der Waals surface area contributed by atoms with E-state index in [1.165, 1.54) is 36.2 Å². The Balaban J connectivity index is 0.000000228. The second kappa shape index (κ2) is 27.6. The highest BCUT2D eigenvalue weighted by Crippen LogP contribution is 2.45. The van der Waals surface area contributed by atoms with Crippen LogP contribution in [-0.2, 0) is 57.9 Å². The molecule has 5 aromatic rings. The molecule has 4 aliphatic rings. The minimum absolute atomic E-state index is 0.0383. The Bertz CT molecular complexity index is 3740. The molecule has 1 aromatic heterocycles. The van der Waals surface area contributed by atoms with E-state index in [1.54, 1.807) is 101 Å². The van der Waals surface area contributed by atoms with Gasteiger partial charge in [0.1, 0.15) is 41.8 Å². The molecular weight excluding hydrogens is 1240 g/mol. The first-order valence-electron chi connectivity index (χ1n) is 28.4. The molecule has 4 aromatic carbocycles. The maximum Gasteiger partial charge on any atom is 0.365 e. The second-order valence-corrected chi connectivity index (χ2v) is 33.0. The van der Waals surface area contributed by atoms with Crippen molar-refractivity contribution in [2.75, 3.05) is 44.7 Å². The number of ether oxygens (including phenoxy) is 2. The van der Waals surface area contributed by atoms with Crippen molar-refractivity contribution in [1.82, 2.24) is 39.7 Å². The molecule has 29 heteroatoms. The van der Waals surface area contributed by atoms with Gasteiger partial charge in [-0.05, 0) is 100 Å². The number of unbranched alkanes of at least 4 members (excludes halogenated alkanes) is 1. The summed E-state index contributed by atoms with van der Waals surface area (Å²) in [4.78, 5) is 92.2. The Hall–Kier alpha value is -6.74. The number of halogens is 4. The number of sulfonamides is 1. The molecule has 22 nitrogen and oxygen atoms in total. The number of primary amides is 1. The van der Waals surface area contributed by atoms with Crippen molar-refractivity contribution < 1.29 is 69.4 Å². The topological polar surface area (TPSA) is 282 Å². The zero-order chi connectivity index (χ0) is 64.2. The number of Topliss-reactive ketones (excluding diaryl/α,β-unsaturated/α-hetero) is 1. The zero-order valence-electron chi connectivity index (χ0n) is 49.7. The number of ketones is 1. The third-order valence-electron chi connectivity index (χ3n) is 15.0. The van der Waals surface area contributed by atoms with E-state index >= 15 is 0 Å². The first-order valence-corrected chi connectivity index (χ1v) is 36.0. The number of amides is 6. The van der Waals surface area contributed by atoms with E-state index < -0.39 is 91.1 Å². The van der Waals surface area contributed by atoms with Crippen LogP contribution in [0, 0.1) is 11.6 Å². The molecule has 0 spiro atoms. The van der Waals surface area contributed by atoms with Crippen LogP contribution >= 0.6 is 30.8 Å². The SMILES string of the molecule is CC(=O)c1cn(CC(=O)N2C[Si](C)(C)C[C@H]2C(=O)NCc2cccc(Cl)c2F)c2cc(OCS(=O)(=O)NC(C)(C)C)ccc12.CCCCOP(=O)(O)COc1ccc2c(c1)C(N1CCN3CC[C@@H](C(=O)NCc4cccc(Cl)c4F)N3C1=O)C=C2C(N)=O. The van der Waals surface area contributed by atoms with E-state index in [4.69, 9.17) is 42.9 Å². The van der Waals surface area contributed by atoms with Gasteiger partial charge in [-0.15, -0.1) is 0 Å². The molecule has 6 amide bonds. The normalized spacial score (nSPS) is 18.9. The number of carbonyl (C=O) groups is 6. The van der Waals surface area contributed by atoms with E-state index in [0.717, 1.165) is 6.42 Å². The van der Waals surface area contributed by atoms with Crippen molar-refractivity contribution >= 4 is 101 Å². The fourth-order valence-corrected chi connectivity index (χ4v) is 16.4. The maximum atomic E-state index is 14.4. The monoisotopic (exact) mass is 1310 g/mol. The molecule has 0 bridgehead atoms. The summed E-state index contributed by atoms with van der Waals surface area (Å²) in [7, 11) is -9.70. The van der Waals surface area contributed by atoms with Gasteiger partial charge in [0.15, 0.2) is 12.1 Å². The van der Waals surface area contributed by atoms with Crippen LogP contribution in [0.2, 0.25) is 29.2 Å². The molecule has 1 aliphatic carbocycles. The minimum atomic E-state index is -4.00. The second-order valence-electron chi connectivity index (χ2n) is 23.7. The number of nitrogens with zero attached hydrogens (tertiary/aromatic N) is 5. The molecule has 0 radical (unpaired) electrons. The predicted octanol–water partition coefficient (Wildman–Crippen LogP) is 8.25. The summed E-state index contributed by atoms with van der Waals surface area (Å²) in [6.07, 6.45) is 4.89. The highest BCUT2D eigenvalue weighted by molar-refractivity contribution is 7.89. The molecule has 4 heterocycles. The Morgan fingerprint density at radius 3 is 2.11 bits per heavy atom. The van der Waals surface area contributed by atoms with Gasteiger partial charge in [0.05, 0.1) is 36.3 Å². The highest BCUT2D eigenvalue weighted by Gasteiger charge is 2.48. The summed E-state index contributed by atoms with van der Waals surface area (Å²) >= 11 is 11.7. The van der Waals surface area contributed by atoms with Crippen LogP contribution in [0.15, 0.2) is 85.1 Å². The van der Waals surface area contributed by atoms with Gasteiger partial charge in [-0.25, -0.2) is 36.7 Å². The highest BCUT2D eigenvalue weighted by atomic mass is 35.5. The summed E-state index contributed by atoms with van der Waals surface area (Å²) in [5.41, 5.74) is 7.65. The van der Waals surface area contributed by atoms with Gasteiger partial charge >= 0.3 is 13.6 Å². The third-order valence-corrected chi connectivity index (χ3v) is 20.7. The van der Waals surface area contributed by atoms with Crippen LogP contribution in [0.3, 0.4) is 0 Å². The number of hydrogen-bond acceptors (Lipinski definition) is 13. The van der Waals surface area contributed by atoms with Gasteiger partial charge in [-0.1, -0.05) is 80.0 Å². The first kappa shape index (κ1) is 67.2. The van der Waals surface area contributed by atoms with Gasteiger partial charge in [0, 0.05) is 84.3 Å². The van der Waals surface area contributed by atoms with E-state index in [9.17, 15) is 55.4 Å². The number of hydrazine groups is 1. The minimum Gasteiger partial charge on any atom is -0.481 e. The standard InChI is InChI=1S/C30H38ClFN4O6SSi.C29H34ClFN5O7P/c1-19(37)23-14-35(25-12-21(10-11-22(23)25)42-18-43(40,41)34-30(2,3)4)15-27(38)36-17-44(5,6)16-26(36)29(39)33-13-20-8-7-9-24(31)28(20)32;1-2-3-13-43-44(40,41)17-42-19-7-8-20-21(14-19)25(15-22(20)27(32)37)35-12-11-34-10-9-24(36(34)29(35)39)28(38)33-16-18-5-4-6-23(30)26(18)31/h7-12,14,26,34H,13,15-18H2,1-6H3,(H,33,39);4-8,14-15,24-25H,2-3,9-13,16-17H2,1H3,(H2,32,37)(H,33,38)(H,40,41)/t26-;24-,25?/m00/s1. The fourth-order valence-electron chi connectivity index (χ4n) is 11.0.